The fourth-order valence-electron chi connectivity index (χ4n) is 7.31. The van der Waals surface area contributed by atoms with Gasteiger partial charge >= 0.3 is 0 Å². The van der Waals surface area contributed by atoms with Crippen LogP contribution in [0.25, 0.3) is 0 Å². The zero-order valence-electron chi connectivity index (χ0n) is 22.7. The third-order valence-corrected chi connectivity index (χ3v) is 14.4. The molecule has 4 rings (SSSR count). The van der Waals surface area contributed by atoms with E-state index in [1.54, 1.807) is 10.9 Å². The Morgan fingerprint density at radius 1 is 1.00 bits per heavy atom. The first-order valence-corrected chi connectivity index (χ1v) is 19.1. The number of hydrogen-bond donors (Lipinski definition) is 2. The molecule has 0 spiro atoms. The predicted molar refractivity (Wildman–Crippen MR) is 156 cm³/mol. The van der Waals surface area contributed by atoms with Crippen molar-refractivity contribution >= 4 is 36.3 Å². The minimum atomic E-state index is -1.24. The lowest BCUT2D eigenvalue weighted by atomic mass is 9.81. The fraction of sp³-hybridized carbons (Fsp3) is 0.750. The van der Waals surface area contributed by atoms with Crippen LogP contribution in [0.15, 0.2) is 18.2 Å². The van der Waals surface area contributed by atoms with E-state index in [0.717, 1.165) is 13.1 Å². The molecule has 3 saturated heterocycles. The molecule has 3 atom stereocenters. The van der Waals surface area contributed by atoms with Crippen molar-refractivity contribution in [2.75, 3.05) is 13.1 Å². The SMILES string of the molecule is CC1(C)CC(=O)CC(C)(C)P1c1ccc(C[Si](C)(C)C)cc1C(P)(C1CCCN1)C1CCCN1. The van der Waals surface area contributed by atoms with Gasteiger partial charge in [-0.05, 0) is 66.0 Å². The Labute approximate surface area is 213 Å². The summed E-state index contributed by atoms with van der Waals surface area (Å²) in [6, 6.07) is 9.74. The molecule has 0 bridgehead atoms. The van der Waals surface area contributed by atoms with Crippen molar-refractivity contribution < 1.29 is 4.79 Å². The molecule has 190 valence electrons. The molecular weight excluding hydrogens is 470 g/mol. The van der Waals surface area contributed by atoms with Gasteiger partial charge in [-0.1, -0.05) is 79.0 Å². The van der Waals surface area contributed by atoms with Crippen LogP contribution in [-0.2, 0) is 16.0 Å². The number of carbonyl (C=O) groups is 1. The molecule has 0 amide bonds. The summed E-state index contributed by atoms with van der Waals surface area (Å²) in [7, 11) is 1.66. The van der Waals surface area contributed by atoms with Gasteiger partial charge in [-0.25, -0.2) is 0 Å². The van der Waals surface area contributed by atoms with E-state index in [2.05, 4.69) is 85.4 Å². The second kappa shape index (κ2) is 9.64. The zero-order valence-corrected chi connectivity index (χ0v) is 25.7. The summed E-state index contributed by atoms with van der Waals surface area (Å²) in [5, 5.41) is 9.41. The van der Waals surface area contributed by atoms with Gasteiger partial charge in [0.05, 0.1) is 0 Å². The van der Waals surface area contributed by atoms with Crippen LogP contribution in [-0.4, -0.2) is 49.3 Å². The van der Waals surface area contributed by atoms with Crippen LogP contribution < -0.4 is 15.9 Å². The van der Waals surface area contributed by atoms with Gasteiger partial charge in [0.25, 0.3) is 0 Å². The van der Waals surface area contributed by atoms with E-state index >= 15 is 0 Å². The second-order valence-corrected chi connectivity index (χ2v) is 23.7. The predicted octanol–water partition coefficient (Wildman–Crippen LogP) is 5.71. The Bertz CT molecular complexity index is 875. The number of ketones is 1. The van der Waals surface area contributed by atoms with E-state index < -0.39 is 16.0 Å². The van der Waals surface area contributed by atoms with Crippen molar-refractivity contribution in [2.45, 2.75) is 119 Å². The molecule has 0 aromatic heterocycles. The standard InChI is InChI=1S/C28H48N2OP2Si/c1-26(2)17-21(31)18-27(3,4)33(26)23-13-12-20(19-34(5,6)7)16-22(23)28(32,24-10-8-14-29-24)25-11-9-15-30-25/h12-13,16,24-25,29-30H,8-11,14-15,17-19,32H2,1-7H3. The molecule has 3 unspecified atom stereocenters. The Morgan fingerprint density at radius 2 is 1.53 bits per heavy atom. The first-order valence-electron chi connectivity index (χ1n) is 13.5. The van der Waals surface area contributed by atoms with Crippen LogP contribution >= 0.6 is 17.2 Å². The third kappa shape index (κ3) is 5.28. The van der Waals surface area contributed by atoms with Crippen LogP contribution in [0.3, 0.4) is 0 Å². The van der Waals surface area contributed by atoms with E-state index in [1.165, 1.54) is 37.3 Å². The number of carbonyl (C=O) groups excluding carboxylic acids is 1. The molecule has 6 heteroatoms. The topological polar surface area (TPSA) is 41.1 Å². The molecule has 3 aliphatic heterocycles. The third-order valence-electron chi connectivity index (χ3n) is 8.25. The molecule has 3 nitrogen and oxygen atoms in total. The molecule has 0 radical (unpaired) electrons. The minimum Gasteiger partial charge on any atom is -0.313 e. The van der Waals surface area contributed by atoms with Gasteiger partial charge < -0.3 is 10.6 Å². The summed E-state index contributed by atoms with van der Waals surface area (Å²) in [5.41, 5.74) is 3.08. The van der Waals surface area contributed by atoms with Crippen molar-refractivity contribution in [3.63, 3.8) is 0 Å². The van der Waals surface area contributed by atoms with Crippen molar-refractivity contribution in [1.82, 2.24) is 10.6 Å². The van der Waals surface area contributed by atoms with Crippen molar-refractivity contribution in [3.05, 3.63) is 29.3 Å². The van der Waals surface area contributed by atoms with E-state index in [-0.39, 0.29) is 15.5 Å². The minimum absolute atomic E-state index is 0.0149. The molecule has 34 heavy (non-hydrogen) atoms. The summed E-state index contributed by atoms with van der Waals surface area (Å²) in [4.78, 5) is 12.8. The van der Waals surface area contributed by atoms with Crippen molar-refractivity contribution in [3.8, 4) is 0 Å². The maximum absolute atomic E-state index is 12.8. The number of Topliss-reactive ketones (excluding diaryl/α,β-unsaturated/α-hetero) is 1. The number of hydrogen-bond acceptors (Lipinski definition) is 3. The summed E-state index contributed by atoms with van der Waals surface area (Å²) in [6.07, 6.45) is 6.43. The quantitative estimate of drug-likeness (QED) is 0.375. The molecule has 3 fully saturated rings. The zero-order chi connectivity index (χ0) is 24.9. The van der Waals surface area contributed by atoms with E-state index in [9.17, 15) is 4.79 Å². The van der Waals surface area contributed by atoms with Crippen molar-refractivity contribution in [1.29, 1.82) is 0 Å². The molecular formula is C28H48N2OP2Si. The fourth-order valence-corrected chi connectivity index (χ4v) is 14.0. The molecule has 3 aliphatic rings. The average molecular weight is 519 g/mol. The maximum Gasteiger partial charge on any atom is 0.134 e. The Balaban J connectivity index is 1.93. The van der Waals surface area contributed by atoms with Gasteiger partial charge in [0.15, 0.2) is 0 Å². The highest BCUT2D eigenvalue weighted by Gasteiger charge is 2.52. The number of benzene rings is 1. The van der Waals surface area contributed by atoms with Gasteiger partial charge in [-0.3, -0.25) is 4.79 Å². The largest absolute Gasteiger partial charge is 0.313 e. The molecule has 1 aromatic rings. The Morgan fingerprint density at radius 3 is 1.97 bits per heavy atom. The first kappa shape index (κ1) is 26.9. The Kier molecular flexibility index (Phi) is 7.64. The monoisotopic (exact) mass is 518 g/mol. The summed E-state index contributed by atoms with van der Waals surface area (Å²) in [5.74, 6) is 0.442. The van der Waals surface area contributed by atoms with E-state index in [1.807, 2.05) is 0 Å². The summed E-state index contributed by atoms with van der Waals surface area (Å²) in [6.45, 7) is 19.1. The van der Waals surface area contributed by atoms with E-state index in [4.69, 9.17) is 0 Å². The highest BCUT2D eigenvalue weighted by atomic mass is 31.1. The van der Waals surface area contributed by atoms with Gasteiger partial charge in [-0.15, -0.1) is 9.24 Å². The molecule has 2 N–H and O–H groups in total. The molecule has 1 aromatic carbocycles. The first-order chi connectivity index (χ1) is 15.7. The molecule has 3 heterocycles. The van der Waals surface area contributed by atoms with Gasteiger partial charge in [0, 0.05) is 38.2 Å². The van der Waals surface area contributed by atoms with Crippen LogP contribution in [0, 0.1) is 0 Å². The van der Waals surface area contributed by atoms with Gasteiger partial charge in [0.1, 0.15) is 5.78 Å². The number of nitrogens with one attached hydrogen (secondary N) is 2. The van der Waals surface area contributed by atoms with Crippen LogP contribution in [0.5, 0.6) is 0 Å². The Hall–Kier alpha value is -0.113. The number of rotatable bonds is 6. The average Bonchev–Trinajstić information content (AvgIpc) is 3.39. The van der Waals surface area contributed by atoms with Gasteiger partial charge in [0.2, 0.25) is 0 Å². The smallest absolute Gasteiger partial charge is 0.134 e. The van der Waals surface area contributed by atoms with Crippen LogP contribution in [0.4, 0.5) is 0 Å². The molecule has 0 saturated carbocycles. The second-order valence-electron chi connectivity index (χ2n) is 13.7. The van der Waals surface area contributed by atoms with Crippen LogP contribution in [0.1, 0.15) is 77.3 Å². The summed E-state index contributed by atoms with van der Waals surface area (Å²) < 4.78 is 0. The molecule has 0 aliphatic carbocycles. The van der Waals surface area contributed by atoms with Gasteiger partial charge in [-0.2, -0.15) is 0 Å². The highest BCUT2D eigenvalue weighted by Crippen LogP contribution is 2.65. The highest BCUT2D eigenvalue weighted by molar-refractivity contribution is 7.69. The normalized spacial score (nSPS) is 29.4. The maximum atomic E-state index is 12.8. The lowest BCUT2D eigenvalue weighted by Gasteiger charge is -2.52. The van der Waals surface area contributed by atoms with E-state index in [0.29, 0.717) is 30.7 Å². The van der Waals surface area contributed by atoms with Crippen molar-refractivity contribution in [2.24, 2.45) is 0 Å². The van der Waals surface area contributed by atoms with Crippen LogP contribution in [0.2, 0.25) is 19.6 Å². The lowest BCUT2D eigenvalue weighted by molar-refractivity contribution is -0.120. The lowest BCUT2D eigenvalue weighted by Crippen LogP contribution is -2.55. The summed E-state index contributed by atoms with van der Waals surface area (Å²) >= 11 is 0.